The number of rotatable bonds is 9. The Labute approximate surface area is 200 Å². The van der Waals surface area contributed by atoms with Crippen LogP contribution in [-0.2, 0) is 20.9 Å². The van der Waals surface area contributed by atoms with Gasteiger partial charge in [0, 0.05) is 5.69 Å². The lowest BCUT2D eigenvalue weighted by Gasteiger charge is -2.17. The molecule has 1 aromatic carbocycles. The van der Waals surface area contributed by atoms with Crippen LogP contribution in [0.2, 0.25) is 10.0 Å². The lowest BCUT2D eigenvalue weighted by molar-refractivity contribution is -0.159. The Bertz CT molecular complexity index is 939. The minimum Gasteiger partial charge on any atom is -0.473 e. The van der Waals surface area contributed by atoms with Crippen molar-refractivity contribution in [2.45, 2.75) is 26.8 Å². The van der Waals surface area contributed by atoms with Crippen molar-refractivity contribution < 1.29 is 34.1 Å². The topological polar surface area (TPSA) is 156 Å². The number of aromatic nitrogens is 3. The highest BCUT2D eigenvalue weighted by atomic mass is 35.5. The number of ether oxygens (including phenoxy) is 2. The Kier molecular flexibility index (Phi) is 12.0. The predicted octanol–water partition coefficient (Wildman–Crippen LogP) is 3.36. The number of benzene rings is 1. The summed E-state index contributed by atoms with van der Waals surface area (Å²) in [5.74, 6) is -3.35. The van der Waals surface area contributed by atoms with Gasteiger partial charge < -0.3 is 29.9 Å². The molecule has 1 heterocycles. The molecule has 0 saturated heterocycles. The van der Waals surface area contributed by atoms with Gasteiger partial charge in [0.1, 0.15) is 0 Å². The summed E-state index contributed by atoms with van der Waals surface area (Å²) in [6.45, 7) is 7.73. The van der Waals surface area contributed by atoms with E-state index in [1.54, 1.807) is 18.2 Å². The van der Waals surface area contributed by atoms with E-state index in [9.17, 15) is 4.79 Å². The van der Waals surface area contributed by atoms with E-state index in [-0.39, 0.29) is 11.7 Å². The summed E-state index contributed by atoms with van der Waals surface area (Å²) in [5, 5.41) is 27.2. The molecule has 0 atom stereocenters. The number of carbonyl (C=O) groups is 3. The Morgan fingerprint density at radius 1 is 1.09 bits per heavy atom. The van der Waals surface area contributed by atoms with Gasteiger partial charge >= 0.3 is 18.1 Å². The second-order valence-electron chi connectivity index (χ2n) is 6.25. The second kappa shape index (κ2) is 14.1. The van der Waals surface area contributed by atoms with E-state index in [2.05, 4.69) is 39.0 Å². The zero-order chi connectivity index (χ0) is 25.0. The number of carbonyl (C=O) groups excluding carboxylic acids is 1. The van der Waals surface area contributed by atoms with Crippen LogP contribution in [0.1, 0.15) is 20.3 Å². The summed E-state index contributed by atoms with van der Waals surface area (Å²) in [5.41, 5.74) is 0.634. The van der Waals surface area contributed by atoms with Gasteiger partial charge in [-0.1, -0.05) is 37.0 Å². The summed E-state index contributed by atoms with van der Waals surface area (Å²) in [6.07, 6.45) is -0.0115. The SMILES string of the molecule is CCN(CC)CCCn1nc(Nc2ccc(Cl)c(Cl)c2)c(OC(=O)OC)n1.O=C(O)C(=O)O. The number of aliphatic carboxylic acids is 2. The normalized spacial score (nSPS) is 10.2. The van der Waals surface area contributed by atoms with Crippen LogP contribution in [0.4, 0.5) is 16.3 Å². The molecule has 0 aliphatic carbocycles. The maximum absolute atomic E-state index is 11.5. The molecule has 0 spiro atoms. The number of anilines is 2. The zero-order valence-electron chi connectivity index (χ0n) is 18.2. The van der Waals surface area contributed by atoms with Crippen LogP contribution in [0, 0.1) is 0 Å². The first kappa shape index (κ1) is 27.9. The third-order valence-electron chi connectivity index (χ3n) is 4.06. The van der Waals surface area contributed by atoms with Crippen LogP contribution in [0.25, 0.3) is 0 Å². The minimum absolute atomic E-state index is 0.0239. The highest BCUT2D eigenvalue weighted by molar-refractivity contribution is 6.42. The smallest absolute Gasteiger partial charge is 0.473 e. The lowest BCUT2D eigenvalue weighted by atomic mass is 10.3. The zero-order valence-corrected chi connectivity index (χ0v) is 19.8. The molecule has 0 unspecified atom stereocenters. The number of hydrogen-bond donors (Lipinski definition) is 3. The average molecular weight is 506 g/mol. The van der Waals surface area contributed by atoms with Crippen molar-refractivity contribution in [1.29, 1.82) is 0 Å². The quantitative estimate of drug-likeness (QED) is 0.339. The van der Waals surface area contributed by atoms with Crippen LogP contribution in [0.15, 0.2) is 18.2 Å². The molecule has 33 heavy (non-hydrogen) atoms. The van der Waals surface area contributed by atoms with Crippen LogP contribution in [-0.4, -0.2) is 74.9 Å². The minimum atomic E-state index is -1.82. The Balaban J connectivity index is 0.000000801. The largest absolute Gasteiger partial charge is 0.515 e. The van der Waals surface area contributed by atoms with Gasteiger partial charge in [0.25, 0.3) is 5.88 Å². The molecule has 0 radical (unpaired) electrons. The number of methoxy groups -OCH3 is 1. The monoisotopic (exact) mass is 505 g/mol. The first-order valence-corrected chi connectivity index (χ1v) is 10.5. The predicted molar refractivity (Wildman–Crippen MR) is 120 cm³/mol. The van der Waals surface area contributed by atoms with Gasteiger partial charge in [-0.3, -0.25) is 0 Å². The molecular weight excluding hydrogens is 481 g/mol. The molecule has 14 heteroatoms. The van der Waals surface area contributed by atoms with Gasteiger partial charge in [0.05, 0.1) is 23.7 Å². The fourth-order valence-corrected chi connectivity index (χ4v) is 2.68. The third kappa shape index (κ3) is 9.93. The maximum Gasteiger partial charge on any atom is 0.515 e. The first-order chi connectivity index (χ1) is 15.6. The molecule has 2 aromatic rings. The number of halogens is 2. The maximum atomic E-state index is 11.5. The fourth-order valence-electron chi connectivity index (χ4n) is 2.39. The molecule has 3 N–H and O–H groups in total. The molecule has 2 rings (SSSR count). The summed E-state index contributed by atoms with van der Waals surface area (Å²) < 4.78 is 9.62. The van der Waals surface area contributed by atoms with E-state index in [0.717, 1.165) is 26.1 Å². The highest BCUT2D eigenvalue weighted by Crippen LogP contribution is 2.29. The number of nitrogens with zero attached hydrogens (tertiary/aromatic N) is 4. The number of nitrogens with one attached hydrogen (secondary N) is 1. The number of aryl methyl sites for hydroxylation is 1. The van der Waals surface area contributed by atoms with Crippen molar-refractivity contribution >= 4 is 52.8 Å². The van der Waals surface area contributed by atoms with Crippen molar-refractivity contribution in [3.63, 3.8) is 0 Å². The molecule has 0 bridgehead atoms. The van der Waals surface area contributed by atoms with E-state index in [1.807, 2.05) is 0 Å². The number of carboxylic acid groups (broad SMARTS) is 2. The second-order valence-corrected chi connectivity index (χ2v) is 7.06. The van der Waals surface area contributed by atoms with Gasteiger partial charge in [-0.05, 0) is 44.3 Å². The first-order valence-electron chi connectivity index (χ1n) is 9.72. The van der Waals surface area contributed by atoms with Crippen molar-refractivity contribution in [1.82, 2.24) is 19.9 Å². The average Bonchev–Trinajstić information content (AvgIpc) is 3.14. The molecule has 0 amide bonds. The van der Waals surface area contributed by atoms with E-state index in [0.29, 0.717) is 22.3 Å². The van der Waals surface area contributed by atoms with E-state index < -0.39 is 18.1 Å². The summed E-state index contributed by atoms with van der Waals surface area (Å²) >= 11 is 12.0. The van der Waals surface area contributed by atoms with Gasteiger partial charge in [0.15, 0.2) is 0 Å². The lowest BCUT2D eigenvalue weighted by Crippen LogP contribution is -2.25. The van der Waals surface area contributed by atoms with Crippen LogP contribution < -0.4 is 10.1 Å². The van der Waals surface area contributed by atoms with Gasteiger partial charge in [-0.15, -0.1) is 10.2 Å². The molecule has 182 valence electrons. The Morgan fingerprint density at radius 3 is 2.24 bits per heavy atom. The molecule has 0 fully saturated rings. The van der Waals surface area contributed by atoms with Crippen LogP contribution >= 0.6 is 23.2 Å². The summed E-state index contributed by atoms with van der Waals surface area (Å²) in [6, 6.07) is 5.03. The standard InChI is InChI=1S/C17H23Cl2N5O3.C2H2O4/c1-4-23(5-2)9-6-10-24-21-15(16(22-24)27-17(25)26-3)20-12-7-8-13(18)14(19)11-12;3-1(4)2(5)6/h7-8,11H,4-6,9-10H2,1-3H3,(H,20,21);(H,3,4)(H,5,6). The van der Waals surface area contributed by atoms with E-state index in [4.69, 9.17) is 47.7 Å². The molecule has 0 aliphatic heterocycles. The van der Waals surface area contributed by atoms with Gasteiger partial charge in [0.2, 0.25) is 5.82 Å². The molecule has 12 nitrogen and oxygen atoms in total. The van der Waals surface area contributed by atoms with Gasteiger partial charge in [-0.2, -0.15) is 4.80 Å². The highest BCUT2D eigenvalue weighted by Gasteiger charge is 2.17. The van der Waals surface area contributed by atoms with Crippen LogP contribution in [0.3, 0.4) is 0 Å². The van der Waals surface area contributed by atoms with Crippen LogP contribution in [0.5, 0.6) is 5.88 Å². The van der Waals surface area contributed by atoms with E-state index in [1.165, 1.54) is 11.9 Å². The summed E-state index contributed by atoms with van der Waals surface area (Å²) in [7, 11) is 1.23. The third-order valence-corrected chi connectivity index (χ3v) is 4.80. The Morgan fingerprint density at radius 2 is 1.73 bits per heavy atom. The number of carboxylic acids is 2. The number of hydrogen-bond acceptors (Lipinski definition) is 9. The van der Waals surface area contributed by atoms with Crippen molar-refractivity contribution in [3.8, 4) is 5.88 Å². The fraction of sp³-hybridized carbons (Fsp3) is 0.421. The summed E-state index contributed by atoms with van der Waals surface area (Å²) in [4.78, 5) is 33.5. The molecule has 0 saturated carbocycles. The van der Waals surface area contributed by atoms with Crippen molar-refractivity contribution in [3.05, 3.63) is 28.2 Å². The molecule has 1 aromatic heterocycles. The van der Waals surface area contributed by atoms with Gasteiger partial charge in [-0.25, -0.2) is 14.4 Å². The Hall–Kier alpha value is -3.09. The van der Waals surface area contributed by atoms with E-state index >= 15 is 0 Å². The van der Waals surface area contributed by atoms with Crippen molar-refractivity contribution in [2.24, 2.45) is 0 Å². The van der Waals surface area contributed by atoms with Crippen molar-refractivity contribution in [2.75, 3.05) is 32.1 Å². The molecule has 0 aliphatic rings. The molecular formula is C19H25Cl2N5O7.